The summed E-state index contributed by atoms with van der Waals surface area (Å²) in [5.74, 6) is 1.94. The summed E-state index contributed by atoms with van der Waals surface area (Å²) in [6, 6.07) is 5.43. The van der Waals surface area contributed by atoms with Gasteiger partial charge in [-0.3, -0.25) is 4.21 Å². The molecule has 1 aromatic carbocycles. The second kappa shape index (κ2) is 9.01. The van der Waals surface area contributed by atoms with Crippen LogP contribution in [-0.2, 0) is 10.8 Å². The highest BCUT2D eigenvalue weighted by Gasteiger charge is 2.15. The van der Waals surface area contributed by atoms with Crippen LogP contribution < -0.4 is 10.5 Å². The van der Waals surface area contributed by atoms with Crippen molar-refractivity contribution in [3.8, 4) is 5.75 Å². The smallest absolute Gasteiger partial charge is 0.120 e. The van der Waals surface area contributed by atoms with E-state index in [1.54, 1.807) is 6.07 Å². The van der Waals surface area contributed by atoms with Crippen molar-refractivity contribution in [1.82, 2.24) is 0 Å². The van der Waals surface area contributed by atoms with Gasteiger partial charge in [-0.2, -0.15) is 0 Å². The van der Waals surface area contributed by atoms with Gasteiger partial charge in [0.1, 0.15) is 5.75 Å². The minimum absolute atomic E-state index is 0.505. The van der Waals surface area contributed by atoms with Gasteiger partial charge in [-0.05, 0) is 37.5 Å². The summed E-state index contributed by atoms with van der Waals surface area (Å²) in [5, 5.41) is 0. The molecule has 0 aliphatic carbocycles. The van der Waals surface area contributed by atoms with Gasteiger partial charge in [0.25, 0.3) is 0 Å². The molecule has 1 rings (SSSR count). The Balaban J connectivity index is 2.77. The number of benzene rings is 1. The van der Waals surface area contributed by atoms with Crippen molar-refractivity contribution in [3.63, 3.8) is 0 Å². The van der Waals surface area contributed by atoms with Crippen LogP contribution in [0, 0.1) is 5.92 Å². The minimum Gasteiger partial charge on any atom is -0.494 e. The zero-order valence-corrected chi connectivity index (χ0v) is 13.7. The fraction of sp³-hybridized carbons (Fsp3) is 0.625. The zero-order chi connectivity index (χ0) is 15.0. The maximum absolute atomic E-state index is 12.5. The molecule has 0 aliphatic heterocycles. The molecule has 20 heavy (non-hydrogen) atoms. The van der Waals surface area contributed by atoms with E-state index in [2.05, 4.69) is 13.8 Å². The lowest BCUT2D eigenvalue weighted by Gasteiger charge is -2.15. The topological polar surface area (TPSA) is 52.3 Å². The van der Waals surface area contributed by atoms with Crippen molar-refractivity contribution >= 4 is 16.5 Å². The van der Waals surface area contributed by atoms with E-state index in [1.165, 1.54) is 12.8 Å². The van der Waals surface area contributed by atoms with Gasteiger partial charge in [-0.25, -0.2) is 0 Å². The lowest BCUT2D eigenvalue weighted by atomic mass is 10.0. The first-order valence-corrected chi connectivity index (χ1v) is 8.84. The molecular formula is C16H27NO2S. The van der Waals surface area contributed by atoms with Crippen LogP contribution in [0.15, 0.2) is 23.1 Å². The molecule has 0 saturated heterocycles. The predicted octanol–water partition coefficient (Wildman–Crippen LogP) is 3.99. The highest BCUT2D eigenvalue weighted by molar-refractivity contribution is 7.85. The predicted molar refractivity (Wildman–Crippen MR) is 86.6 cm³/mol. The minimum atomic E-state index is -1.05. The highest BCUT2D eigenvalue weighted by Crippen LogP contribution is 2.25. The van der Waals surface area contributed by atoms with Crippen molar-refractivity contribution in [2.45, 2.75) is 51.3 Å². The number of anilines is 1. The van der Waals surface area contributed by atoms with Gasteiger partial charge in [0, 0.05) is 11.4 Å². The van der Waals surface area contributed by atoms with Crippen LogP contribution in [0.1, 0.15) is 46.5 Å². The SMILES string of the molecule is CCCCC(CC)CS(=O)c1cc(OCC)ccc1N. The van der Waals surface area contributed by atoms with Gasteiger partial charge >= 0.3 is 0 Å². The molecule has 2 atom stereocenters. The molecule has 0 fully saturated rings. The maximum atomic E-state index is 12.5. The van der Waals surface area contributed by atoms with E-state index in [0.717, 1.165) is 18.6 Å². The number of rotatable bonds is 9. The summed E-state index contributed by atoms with van der Waals surface area (Å²) in [6.45, 7) is 6.89. The molecule has 0 saturated carbocycles. The van der Waals surface area contributed by atoms with E-state index in [4.69, 9.17) is 10.5 Å². The van der Waals surface area contributed by atoms with E-state index in [9.17, 15) is 4.21 Å². The summed E-state index contributed by atoms with van der Waals surface area (Å²) in [6.07, 6.45) is 4.59. The Bertz CT molecular complexity index is 434. The largest absolute Gasteiger partial charge is 0.494 e. The van der Waals surface area contributed by atoms with Crippen LogP contribution in [-0.4, -0.2) is 16.6 Å². The van der Waals surface area contributed by atoms with Crippen molar-refractivity contribution in [3.05, 3.63) is 18.2 Å². The summed E-state index contributed by atoms with van der Waals surface area (Å²) < 4.78 is 18.0. The third-order valence-corrected chi connectivity index (χ3v) is 5.09. The Hall–Kier alpha value is -1.03. The first-order chi connectivity index (χ1) is 9.62. The number of nitrogens with two attached hydrogens (primary N) is 1. The average Bonchev–Trinajstić information content (AvgIpc) is 2.45. The summed E-state index contributed by atoms with van der Waals surface area (Å²) in [4.78, 5) is 0.714. The Labute approximate surface area is 125 Å². The molecule has 0 bridgehead atoms. The number of ether oxygens (including phenoxy) is 1. The van der Waals surface area contributed by atoms with Gasteiger partial charge in [-0.15, -0.1) is 0 Å². The van der Waals surface area contributed by atoms with E-state index < -0.39 is 10.8 Å². The van der Waals surface area contributed by atoms with E-state index in [1.807, 2.05) is 19.1 Å². The van der Waals surface area contributed by atoms with Crippen LogP contribution >= 0.6 is 0 Å². The fourth-order valence-corrected chi connectivity index (χ4v) is 3.76. The van der Waals surface area contributed by atoms with Crippen LogP contribution in [0.25, 0.3) is 0 Å². The summed E-state index contributed by atoms with van der Waals surface area (Å²) >= 11 is 0. The Morgan fingerprint density at radius 1 is 1.30 bits per heavy atom. The quantitative estimate of drug-likeness (QED) is 0.701. The monoisotopic (exact) mass is 297 g/mol. The molecule has 4 heteroatoms. The molecule has 1 aromatic rings. The van der Waals surface area contributed by atoms with E-state index in [0.29, 0.717) is 28.9 Å². The molecular weight excluding hydrogens is 270 g/mol. The van der Waals surface area contributed by atoms with Crippen molar-refractivity contribution in [2.24, 2.45) is 5.92 Å². The van der Waals surface area contributed by atoms with Crippen molar-refractivity contribution in [1.29, 1.82) is 0 Å². The van der Waals surface area contributed by atoms with Gasteiger partial charge in [-0.1, -0.05) is 33.1 Å². The van der Waals surface area contributed by atoms with Crippen LogP contribution in [0.5, 0.6) is 5.75 Å². The second-order valence-corrected chi connectivity index (χ2v) is 6.53. The first kappa shape index (κ1) is 17.0. The second-order valence-electron chi connectivity index (χ2n) is 5.06. The molecule has 0 heterocycles. The summed E-state index contributed by atoms with van der Waals surface area (Å²) in [7, 11) is -1.05. The first-order valence-electron chi connectivity index (χ1n) is 7.53. The Morgan fingerprint density at radius 3 is 2.65 bits per heavy atom. The Kier molecular flexibility index (Phi) is 7.67. The molecule has 2 unspecified atom stereocenters. The maximum Gasteiger partial charge on any atom is 0.120 e. The lowest BCUT2D eigenvalue weighted by Crippen LogP contribution is -2.12. The normalized spacial score (nSPS) is 13.9. The van der Waals surface area contributed by atoms with Crippen LogP contribution in [0.4, 0.5) is 5.69 Å². The molecule has 114 valence electrons. The average molecular weight is 297 g/mol. The highest BCUT2D eigenvalue weighted by atomic mass is 32.2. The molecule has 0 spiro atoms. The van der Waals surface area contributed by atoms with Crippen molar-refractivity contribution in [2.75, 3.05) is 18.1 Å². The third-order valence-electron chi connectivity index (χ3n) is 3.47. The zero-order valence-electron chi connectivity index (χ0n) is 12.9. The summed E-state index contributed by atoms with van der Waals surface area (Å²) in [5.41, 5.74) is 6.55. The van der Waals surface area contributed by atoms with Crippen LogP contribution in [0.3, 0.4) is 0 Å². The molecule has 0 radical (unpaired) electrons. The van der Waals surface area contributed by atoms with Crippen LogP contribution in [0.2, 0.25) is 0 Å². The van der Waals surface area contributed by atoms with Gasteiger partial charge < -0.3 is 10.5 Å². The third kappa shape index (κ3) is 5.16. The Morgan fingerprint density at radius 2 is 2.05 bits per heavy atom. The lowest BCUT2D eigenvalue weighted by molar-refractivity contribution is 0.339. The molecule has 0 aliphatic rings. The van der Waals surface area contributed by atoms with E-state index >= 15 is 0 Å². The van der Waals surface area contributed by atoms with E-state index in [-0.39, 0.29) is 0 Å². The number of hydrogen-bond acceptors (Lipinski definition) is 3. The molecule has 0 amide bonds. The van der Waals surface area contributed by atoms with Gasteiger partial charge in [0.15, 0.2) is 0 Å². The van der Waals surface area contributed by atoms with Gasteiger partial charge in [0.2, 0.25) is 0 Å². The fourth-order valence-electron chi connectivity index (χ4n) is 2.17. The molecule has 0 aromatic heterocycles. The molecule has 3 nitrogen and oxygen atoms in total. The standard InChI is InChI=1S/C16H27NO2S/c1-4-7-8-13(5-2)12-20(18)16-11-14(19-6-3)9-10-15(16)17/h9-11,13H,4-8,12,17H2,1-3H3. The van der Waals surface area contributed by atoms with Crippen molar-refractivity contribution < 1.29 is 8.95 Å². The number of hydrogen-bond donors (Lipinski definition) is 1. The molecule has 2 N–H and O–H groups in total. The number of nitrogen functional groups attached to an aromatic ring is 1. The number of unbranched alkanes of at least 4 members (excludes halogenated alkanes) is 1. The van der Waals surface area contributed by atoms with Gasteiger partial charge in [0.05, 0.1) is 22.3 Å².